The first-order valence-corrected chi connectivity index (χ1v) is 10.5. The number of thiazole rings is 1. The van der Waals surface area contributed by atoms with Crippen LogP contribution in [0.25, 0.3) is 10.2 Å². The zero-order chi connectivity index (χ0) is 20.6. The maximum atomic E-state index is 6.25. The van der Waals surface area contributed by atoms with E-state index < -0.39 is 0 Å². The topological polar surface area (TPSA) is 47.0 Å². The average Bonchev–Trinajstić information content (AvgIpc) is 3.04. The monoisotopic (exact) mass is 403 g/mol. The van der Waals surface area contributed by atoms with Gasteiger partial charge in [0.05, 0.1) is 10.2 Å². The second-order valence-corrected chi connectivity index (χ2v) is 9.28. The fourth-order valence-corrected chi connectivity index (χ4v) is 4.15. The molecular weight excluding hydrogens is 378 g/mol. The Labute approximate surface area is 175 Å². The van der Waals surface area contributed by atoms with Gasteiger partial charge in [-0.3, -0.25) is 0 Å². The van der Waals surface area contributed by atoms with E-state index in [-0.39, 0.29) is 5.41 Å². The molecule has 0 aliphatic carbocycles. The molecule has 0 aliphatic heterocycles. The van der Waals surface area contributed by atoms with Gasteiger partial charge in [0, 0.05) is 11.8 Å². The van der Waals surface area contributed by atoms with Gasteiger partial charge in [-0.15, -0.1) is 0 Å². The van der Waals surface area contributed by atoms with Crippen molar-refractivity contribution in [1.29, 1.82) is 0 Å². The summed E-state index contributed by atoms with van der Waals surface area (Å²) < 4.78 is 7.42. The third kappa shape index (κ3) is 4.10. The zero-order valence-corrected chi connectivity index (χ0v) is 18.2. The number of nitrogens with zero attached hydrogens (tertiary/aromatic N) is 2. The molecule has 29 heavy (non-hydrogen) atoms. The van der Waals surface area contributed by atoms with E-state index in [0.29, 0.717) is 5.88 Å². The number of aryl methyl sites for hydroxylation is 2. The third-order valence-electron chi connectivity index (χ3n) is 4.92. The summed E-state index contributed by atoms with van der Waals surface area (Å²) in [5.74, 6) is 1.35. The van der Waals surface area contributed by atoms with E-state index >= 15 is 0 Å². The Morgan fingerprint density at radius 1 is 0.966 bits per heavy atom. The normalized spacial score (nSPS) is 11.6. The van der Waals surface area contributed by atoms with Crippen molar-refractivity contribution in [1.82, 2.24) is 9.97 Å². The van der Waals surface area contributed by atoms with Gasteiger partial charge in [0.2, 0.25) is 5.88 Å². The quantitative estimate of drug-likeness (QED) is 0.393. The van der Waals surface area contributed by atoms with Crippen molar-refractivity contribution in [3.63, 3.8) is 0 Å². The Bertz CT molecular complexity index is 1140. The van der Waals surface area contributed by atoms with Gasteiger partial charge >= 0.3 is 0 Å². The molecule has 0 unspecified atom stereocenters. The molecule has 4 rings (SSSR count). The molecule has 0 amide bonds. The fourth-order valence-electron chi connectivity index (χ4n) is 3.20. The minimum Gasteiger partial charge on any atom is -0.437 e. The number of aromatic nitrogens is 2. The van der Waals surface area contributed by atoms with E-state index in [1.54, 1.807) is 17.5 Å². The fraction of sp³-hybridized carbons (Fsp3) is 0.250. The molecule has 2 heterocycles. The van der Waals surface area contributed by atoms with Crippen LogP contribution in [0.15, 0.2) is 54.7 Å². The second kappa shape index (κ2) is 7.48. The molecule has 0 atom stereocenters. The summed E-state index contributed by atoms with van der Waals surface area (Å²) in [5, 5.41) is 4.23. The van der Waals surface area contributed by atoms with E-state index in [4.69, 9.17) is 9.72 Å². The highest BCUT2D eigenvalue weighted by Gasteiger charge is 2.20. The molecule has 4 aromatic rings. The van der Waals surface area contributed by atoms with Crippen LogP contribution in [-0.4, -0.2) is 9.97 Å². The highest BCUT2D eigenvalue weighted by molar-refractivity contribution is 7.22. The van der Waals surface area contributed by atoms with Gasteiger partial charge in [-0.2, -0.15) is 0 Å². The van der Waals surface area contributed by atoms with Crippen LogP contribution in [0.2, 0.25) is 0 Å². The number of fused-ring (bicyclic) bond motifs is 1. The molecule has 2 aromatic carbocycles. The van der Waals surface area contributed by atoms with Crippen molar-refractivity contribution >= 4 is 32.4 Å². The molecule has 4 nitrogen and oxygen atoms in total. The van der Waals surface area contributed by atoms with Crippen LogP contribution in [-0.2, 0) is 5.41 Å². The molecule has 148 valence electrons. The first-order valence-electron chi connectivity index (χ1n) is 9.68. The summed E-state index contributed by atoms with van der Waals surface area (Å²) in [6.45, 7) is 10.8. The number of hydrogen-bond acceptors (Lipinski definition) is 5. The van der Waals surface area contributed by atoms with E-state index in [0.717, 1.165) is 27.6 Å². The van der Waals surface area contributed by atoms with Gasteiger partial charge in [0.15, 0.2) is 5.13 Å². The largest absolute Gasteiger partial charge is 0.437 e. The molecule has 1 N–H and O–H groups in total. The third-order valence-corrected chi connectivity index (χ3v) is 5.85. The molecule has 0 fully saturated rings. The Kier molecular flexibility index (Phi) is 5.01. The van der Waals surface area contributed by atoms with Crippen molar-refractivity contribution < 1.29 is 4.74 Å². The van der Waals surface area contributed by atoms with Crippen LogP contribution in [0.4, 0.5) is 10.8 Å². The predicted molar refractivity (Wildman–Crippen MR) is 122 cm³/mol. The van der Waals surface area contributed by atoms with Crippen molar-refractivity contribution in [3.05, 3.63) is 71.4 Å². The van der Waals surface area contributed by atoms with Gasteiger partial charge < -0.3 is 10.1 Å². The first-order chi connectivity index (χ1) is 13.8. The Hall–Kier alpha value is -2.92. The number of ether oxygens (including phenoxy) is 1. The summed E-state index contributed by atoms with van der Waals surface area (Å²) in [6.07, 6.45) is 1.74. The second-order valence-electron chi connectivity index (χ2n) is 8.25. The minimum atomic E-state index is -0.0261. The maximum Gasteiger partial charge on any atom is 0.243 e. The van der Waals surface area contributed by atoms with Gasteiger partial charge in [0.25, 0.3) is 0 Å². The molecule has 0 saturated heterocycles. The summed E-state index contributed by atoms with van der Waals surface area (Å²) in [5.41, 5.74) is 5.44. The average molecular weight is 404 g/mol. The van der Waals surface area contributed by atoms with Gasteiger partial charge in [-0.25, -0.2) is 9.97 Å². The highest BCUT2D eigenvalue weighted by atomic mass is 32.1. The lowest BCUT2D eigenvalue weighted by molar-refractivity contribution is 0.442. The van der Waals surface area contributed by atoms with Crippen LogP contribution >= 0.6 is 11.3 Å². The Balaban J connectivity index is 1.67. The molecule has 0 bridgehead atoms. The van der Waals surface area contributed by atoms with E-state index in [2.05, 4.69) is 63.1 Å². The van der Waals surface area contributed by atoms with Crippen LogP contribution in [0.3, 0.4) is 0 Å². The number of para-hydroxylation sites is 1. The van der Waals surface area contributed by atoms with Crippen molar-refractivity contribution in [3.8, 4) is 11.6 Å². The number of nitrogens with one attached hydrogen (secondary N) is 1. The molecule has 5 heteroatoms. The maximum absolute atomic E-state index is 6.25. The van der Waals surface area contributed by atoms with E-state index in [1.807, 2.05) is 30.3 Å². The SMILES string of the molecule is Cc1cc2nc(Nc3cccnc3Oc3ccccc3C(C)(C)C)sc2cc1C. The molecule has 2 aromatic heterocycles. The zero-order valence-electron chi connectivity index (χ0n) is 17.4. The van der Waals surface area contributed by atoms with Gasteiger partial charge in [-0.05, 0) is 60.7 Å². The number of hydrogen-bond donors (Lipinski definition) is 1. The Morgan fingerprint density at radius 3 is 2.52 bits per heavy atom. The lowest BCUT2D eigenvalue weighted by atomic mass is 9.86. The van der Waals surface area contributed by atoms with Crippen LogP contribution in [0.1, 0.15) is 37.5 Å². The Morgan fingerprint density at radius 2 is 1.72 bits per heavy atom. The van der Waals surface area contributed by atoms with E-state index in [1.165, 1.54) is 15.8 Å². The molecular formula is C24H25N3OS. The van der Waals surface area contributed by atoms with Gasteiger partial charge in [-0.1, -0.05) is 50.3 Å². The van der Waals surface area contributed by atoms with E-state index in [9.17, 15) is 0 Å². The summed E-state index contributed by atoms with van der Waals surface area (Å²) in [7, 11) is 0. The number of anilines is 2. The predicted octanol–water partition coefficient (Wildman–Crippen LogP) is 7.14. The minimum absolute atomic E-state index is 0.0261. The lowest BCUT2D eigenvalue weighted by Gasteiger charge is -2.22. The van der Waals surface area contributed by atoms with Crippen molar-refractivity contribution in [2.24, 2.45) is 0 Å². The number of pyridine rings is 1. The van der Waals surface area contributed by atoms with Crippen molar-refractivity contribution in [2.45, 2.75) is 40.0 Å². The van der Waals surface area contributed by atoms with Crippen molar-refractivity contribution in [2.75, 3.05) is 5.32 Å². The first kappa shape index (κ1) is 19.4. The van der Waals surface area contributed by atoms with Crippen LogP contribution < -0.4 is 10.1 Å². The smallest absolute Gasteiger partial charge is 0.243 e. The molecule has 0 aliphatic rings. The summed E-state index contributed by atoms with van der Waals surface area (Å²) in [4.78, 5) is 9.21. The highest BCUT2D eigenvalue weighted by Crippen LogP contribution is 2.37. The number of rotatable bonds is 4. The summed E-state index contributed by atoms with van der Waals surface area (Å²) in [6, 6.07) is 16.3. The molecule has 0 radical (unpaired) electrons. The standard InChI is InChI=1S/C24H25N3OS/c1-15-13-19-21(14-16(15)2)29-23(27-19)26-18-10-8-12-25-22(18)28-20-11-7-6-9-17(20)24(3,4)5/h6-14H,1-5H3,(H,26,27). The van der Waals surface area contributed by atoms with Gasteiger partial charge in [0.1, 0.15) is 11.4 Å². The van der Waals surface area contributed by atoms with Crippen LogP contribution in [0.5, 0.6) is 11.6 Å². The summed E-state index contributed by atoms with van der Waals surface area (Å²) >= 11 is 1.63. The molecule has 0 spiro atoms. The number of benzene rings is 2. The van der Waals surface area contributed by atoms with Crippen LogP contribution in [0, 0.1) is 13.8 Å². The molecule has 0 saturated carbocycles. The lowest BCUT2D eigenvalue weighted by Crippen LogP contribution is -2.12.